The van der Waals surface area contributed by atoms with E-state index in [0.29, 0.717) is 12.2 Å². The number of ether oxygens (including phenoxy) is 1. The highest BCUT2D eigenvalue weighted by Gasteiger charge is 2.39. The SMILES string of the molecule is CCOC1CC(N)C1Nc1cc(C)nc(C)c1C#N. The summed E-state index contributed by atoms with van der Waals surface area (Å²) in [5.41, 5.74) is 9.03. The van der Waals surface area contributed by atoms with Crippen LogP contribution in [-0.2, 0) is 4.74 Å². The summed E-state index contributed by atoms with van der Waals surface area (Å²) in [6.45, 7) is 6.41. The van der Waals surface area contributed by atoms with Gasteiger partial charge in [-0.15, -0.1) is 0 Å². The van der Waals surface area contributed by atoms with Crippen LogP contribution in [-0.4, -0.2) is 29.8 Å². The van der Waals surface area contributed by atoms with Crippen molar-refractivity contribution in [3.8, 4) is 6.07 Å². The monoisotopic (exact) mass is 260 g/mol. The molecule has 3 atom stereocenters. The third-order valence-electron chi connectivity index (χ3n) is 3.51. The molecule has 1 fully saturated rings. The van der Waals surface area contributed by atoms with Crippen LogP contribution in [0.4, 0.5) is 5.69 Å². The summed E-state index contributed by atoms with van der Waals surface area (Å²) in [6, 6.07) is 4.22. The average Bonchev–Trinajstić information content (AvgIpc) is 2.35. The van der Waals surface area contributed by atoms with Crippen molar-refractivity contribution in [1.29, 1.82) is 5.26 Å². The van der Waals surface area contributed by atoms with Crippen molar-refractivity contribution in [3.05, 3.63) is 23.0 Å². The van der Waals surface area contributed by atoms with E-state index >= 15 is 0 Å². The minimum absolute atomic E-state index is 0.0632. The number of nitrogens with one attached hydrogen (secondary N) is 1. The van der Waals surface area contributed by atoms with E-state index in [1.165, 1.54) is 0 Å². The summed E-state index contributed by atoms with van der Waals surface area (Å²) < 4.78 is 5.63. The van der Waals surface area contributed by atoms with E-state index in [1.807, 2.05) is 26.8 Å². The molecule has 1 aliphatic carbocycles. The zero-order valence-corrected chi connectivity index (χ0v) is 11.6. The van der Waals surface area contributed by atoms with Crippen molar-refractivity contribution in [2.75, 3.05) is 11.9 Å². The molecule has 1 aromatic rings. The number of nitriles is 1. The fourth-order valence-corrected chi connectivity index (χ4v) is 2.49. The fraction of sp³-hybridized carbons (Fsp3) is 0.571. The molecule has 0 radical (unpaired) electrons. The molecular formula is C14H20N4O. The number of aromatic nitrogens is 1. The molecule has 1 heterocycles. The lowest BCUT2D eigenvalue weighted by molar-refractivity contribution is -0.0126. The number of hydrogen-bond acceptors (Lipinski definition) is 5. The highest BCUT2D eigenvalue weighted by Crippen LogP contribution is 2.28. The van der Waals surface area contributed by atoms with E-state index < -0.39 is 0 Å². The summed E-state index contributed by atoms with van der Waals surface area (Å²) in [7, 11) is 0. The molecule has 0 aromatic carbocycles. The molecule has 0 amide bonds. The first-order chi connectivity index (χ1) is 9.06. The van der Waals surface area contributed by atoms with Crippen molar-refractivity contribution in [2.24, 2.45) is 5.73 Å². The molecule has 1 aliphatic rings. The van der Waals surface area contributed by atoms with Crippen molar-refractivity contribution >= 4 is 5.69 Å². The largest absolute Gasteiger partial charge is 0.377 e. The van der Waals surface area contributed by atoms with E-state index in [-0.39, 0.29) is 18.2 Å². The number of rotatable bonds is 4. The summed E-state index contributed by atoms with van der Waals surface area (Å²) >= 11 is 0. The van der Waals surface area contributed by atoms with E-state index in [0.717, 1.165) is 23.5 Å². The van der Waals surface area contributed by atoms with Crippen LogP contribution in [0.25, 0.3) is 0 Å². The molecule has 1 saturated carbocycles. The maximum Gasteiger partial charge on any atom is 0.103 e. The Balaban J connectivity index is 2.21. The summed E-state index contributed by atoms with van der Waals surface area (Å²) in [5.74, 6) is 0. The van der Waals surface area contributed by atoms with Crippen LogP contribution in [0, 0.1) is 25.2 Å². The Labute approximate surface area is 113 Å². The van der Waals surface area contributed by atoms with Gasteiger partial charge in [0, 0.05) is 18.3 Å². The maximum absolute atomic E-state index is 9.24. The Morgan fingerprint density at radius 1 is 1.58 bits per heavy atom. The summed E-state index contributed by atoms with van der Waals surface area (Å²) in [4.78, 5) is 4.31. The molecule has 2 rings (SSSR count). The zero-order valence-electron chi connectivity index (χ0n) is 11.6. The van der Waals surface area contributed by atoms with Crippen LogP contribution in [0.1, 0.15) is 30.3 Å². The van der Waals surface area contributed by atoms with Crippen LogP contribution in [0.3, 0.4) is 0 Å². The third-order valence-corrected chi connectivity index (χ3v) is 3.51. The number of pyridine rings is 1. The first kappa shape index (κ1) is 13.8. The van der Waals surface area contributed by atoms with Gasteiger partial charge >= 0.3 is 0 Å². The number of anilines is 1. The van der Waals surface area contributed by atoms with E-state index in [4.69, 9.17) is 10.5 Å². The maximum atomic E-state index is 9.24. The lowest BCUT2D eigenvalue weighted by Gasteiger charge is -2.43. The molecule has 0 bridgehead atoms. The topological polar surface area (TPSA) is 84.0 Å². The highest BCUT2D eigenvalue weighted by atomic mass is 16.5. The van der Waals surface area contributed by atoms with Crippen LogP contribution in [0.15, 0.2) is 6.07 Å². The van der Waals surface area contributed by atoms with Gasteiger partial charge in [-0.25, -0.2) is 0 Å². The molecule has 0 aliphatic heterocycles. The van der Waals surface area contributed by atoms with Gasteiger partial charge in [-0.3, -0.25) is 4.98 Å². The molecule has 102 valence electrons. The predicted molar refractivity (Wildman–Crippen MR) is 73.8 cm³/mol. The van der Waals surface area contributed by atoms with Gasteiger partial charge in [0.05, 0.1) is 29.1 Å². The lowest BCUT2D eigenvalue weighted by atomic mass is 9.83. The molecule has 5 nitrogen and oxygen atoms in total. The van der Waals surface area contributed by atoms with Crippen LogP contribution < -0.4 is 11.1 Å². The standard InChI is InChI=1S/C14H20N4O/c1-4-19-13-6-11(16)14(13)18-12-5-8(2)17-9(3)10(12)7-15/h5,11,13-14H,4,6,16H2,1-3H3,(H,17,18). The van der Waals surface area contributed by atoms with Gasteiger partial charge in [-0.2, -0.15) is 5.26 Å². The van der Waals surface area contributed by atoms with E-state index in [9.17, 15) is 5.26 Å². The number of hydrogen-bond donors (Lipinski definition) is 2. The number of nitrogens with two attached hydrogens (primary N) is 1. The van der Waals surface area contributed by atoms with E-state index in [1.54, 1.807) is 0 Å². The molecule has 0 spiro atoms. The molecule has 3 N–H and O–H groups in total. The van der Waals surface area contributed by atoms with Crippen LogP contribution in [0.2, 0.25) is 0 Å². The normalized spacial score (nSPS) is 25.5. The molecule has 0 saturated heterocycles. The molecule has 19 heavy (non-hydrogen) atoms. The fourth-order valence-electron chi connectivity index (χ4n) is 2.49. The Hall–Kier alpha value is -1.64. The molecule has 3 unspecified atom stereocenters. The highest BCUT2D eigenvalue weighted by molar-refractivity contribution is 5.60. The van der Waals surface area contributed by atoms with E-state index in [2.05, 4.69) is 16.4 Å². The Morgan fingerprint density at radius 3 is 2.89 bits per heavy atom. The van der Waals surface area contributed by atoms with Crippen LogP contribution >= 0.6 is 0 Å². The lowest BCUT2D eigenvalue weighted by Crippen LogP contribution is -2.60. The first-order valence-electron chi connectivity index (χ1n) is 6.58. The third kappa shape index (κ3) is 2.70. The second kappa shape index (κ2) is 5.55. The predicted octanol–water partition coefficient (Wildman–Crippen LogP) is 1.49. The second-order valence-corrected chi connectivity index (χ2v) is 4.95. The second-order valence-electron chi connectivity index (χ2n) is 4.95. The Bertz CT molecular complexity index is 507. The quantitative estimate of drug-likeness (QED) is 0.856. The summed E-state index contributed by atoms with van der Waals surface area (Å²) in [6.07, 6.45) is 0.983. The first-order valence-corrected chi connectivity index (χ1v) is 6.58. The average molecular weight is 260 g/mol. The van der Waals surface area contributed by atoms with Gasteiger partial charge in [-0.1, -0.05) is 0 Å². The summed E-state index contributed by atoms with van der Waals surface area (Å²) in [5, 5.41) is 12.6. The minimum Gasteiger partial charge on any atom is -0.377 e. The van der Waals surface area contributed by atoms with Crippen LogP contribution in [0.5, 0.6) is 0 Å². The smallest absolute Gasteiger partial charge is 0.103 e. The minimum atomic E-state index is 0.0632. The van der Waals surface area contributed by atoms with Crippen molar-refractivity contribution < 1.29 is 4.74 Å². The van der Waals surface area contributed by atoms with Gasteiger partial charge < -0.3 is 15.8 Å². The number of nitrogens with zero attached hydrogens (tertiary/aromatic N) is 2. The Kier molecular flexibility index (Phi) is 4.03. The molecule has 5 heteroatoms. The Morgan fingerprint density at radius 2 is 2.32 bits per heavy atom. The van der Waals surface area contributed by atoms with Gasteiger partial charge in [0.1, 0.15) is 6.07 Å². The van der Waals surface area contributed by atoms with Gasteiger partial charge in [0.25, 0.3) is 0 Å². The van der Waals surface area contributed by atoms with Gasteiger partial charge in [0.15, 0.2) is 0 Å². The van der Waals surface area contributed by atoms with Crippen molar-refractivity contribution in [2.45, 2.75) is 45.4 Å². The van der Waals surface area contributed by atoms with Gasteiger partial charge in [0.2, 0.25) is 0 Å². The molecular weight excluding hydrogens is 240 g/mol. The van der Waals surface area contributed by atoms with Crippen molar-refractivity contribution in [1.82, 2.24) is 4.98 Å². The number of aryl methyl sites for hydroxylation is 2. The van der Waals surface area contributed by atoms with Crippen molar-refractivity contribution in [3.63, 3.8) is 0 Å². The van der Waals surface area contributed by atoms with Gasteiger partial charge in [-0.05, 0) is 33.3 Å². The molecule has 1 aromatic heterocycles. The zero-order chi connectivity index (χ0) is 14.0.